The van der Waals surface area contributed by atoms with Crippen LogP contribution in [-0.4, -0.2) is 33.1 Å². The summed E-state index contributed by atoms with van der Waals surface area (Å²) in [6, 6.07) is 6.09. The molecule has 2 atom stereocenters. The lowest BCUT2D eigenvalue weighted by molar-refractivity contribution is -0.109. The van der Waals surface area contributed by atoms with E-state index in [2.05, 4.69) is 0 Å². The van der Waals surface area contributed by atoms with Crippen molar-refractivity contribution in [1.29, 1.82) is 0 Å². The SMILES string of the molecule is CC(=O)SCCC(O)C(O)c1ccc(C(N)=O)cc1. The molecule has 0 aliphatic rings. The molecule has 2 unspecified atom stereocenters. The number of primary amides is 1. The maximum atomic E-state index is 10.9. The summed E-state index contributed by atoms with van der Waals surface area (Å²) in [5.74, 6) is -0.0909. The second-order valence-corrected chi connectivity index (χ2v) is 5.40. The summed E-state index contributed by atoms with van der Waals surface area (Å²) in [7, 11) is 0. The Hall–Kier alpha value is -1.37. The molecule has 19 heavy (non-hydrogen) atoms. The van der Waals surface area contributed by atoms with Gasteiger partial charge in [0.15, 0.2) is 5.12 Å². The molecule has 1 amide bonds. The van der Waals surface area contributed by atoms with Gasteiger partial charge in [0.2, 0.25) is 5.91 Å². The predicted octanol–water partition coefficient (Wildman–Crippen LogP) is 0.850. The second kappa shape index (κ2) is 7.28. The van der Waals surface area contributed by atoms with Crippen molar-refractivity contribution in [2.75, 3.05) is 5.75 Å². The molecule has 0 saturated heterocycles. The Balaban J connectivity index is 2.58. The molecule has 5 nitrogen and oxygen atoms in total. The molecule has 0 aromatic heterocycles. The number of aliphatic hydroxyl groups excluding tert-OH is 2. The molecule has 0 aliphatic carbocycles. The Labute approximate surface area is 115 Å². The summed E-state index contributed by atoms with van der Waals surface area (Å²) < 4.78 is 0. The van der Waals surface area contributed by atoms with Crippen molar-refractivity contribution in [3.05, 3.63) is 35.4 Å². The third-order valence-corrected chi connectivity index (χ3v) is 3.47. The highest BCUT2D eigenvalue weighted by Crippen LogP contribution is 2.21. The molecular formula is C13H17NO4S. The first kappa shape index (κ1) is 15.7. The van der Waals surface area contributed by atoms with Gasteiger partial charge in [0.05, 0.1) is 6.10 Å². The van der Waals surface area contributed by atoms with Crippen molar-refractivity contribution < 1.29 is 19.8 Å². The van der Waals surface area contributed by atoms with E-state index >= 15 is 0 Å². The molecule has 1 aromatic rings. The van der Waals surface area contributed by atoms with Gasteiger partial charge in [-0.1, -0.05) is 23.9 Å². The molecule has 1 aromatic carbocycles. The third kappa shape index (κ3) is 5.02. The van der Waals surface area contributed by atoms with E-state index < -0.39 is 18.1 Å². The van der Waals surface area contributed by atoms with Crippen molar-refractivity contribution in [1.82, 2.24) is 0 Å². The first-order chi connectivity index (χ1) is 8.91. The molecule has 6 heteroatoms. The fourth-order valence-electron chi connectivity index (χ4n) is 1.55. The summed E-state index contributed by atoms with van der Waals surface area (Å²) >= 11 is 1.11. The quantitative estimate of drug-likeness (QED) is 0.718. The Morgan fingerprint density at radius 3 is 2.32 bits per heavy atom. The summed E-state index contributed by atoms with van der Waals surface area (Å²) in [6.07, 6.45) is -1.69. The van der Waals surface area contributed by atoms with Crippen molar-refractivity contribution in [3.63, 3.8) is 0 Å². The fraction of sp³-hybridized carbons (Fsp3) is 0.385. The van der Waals surface area contributed by atoms with Crippen LogP contribution in [-0.2, 0) is 4.79 Å². The number of rotatable bonds is 6. The van der Waals surface area contributed by atoms with Crippen LogP contribution < -0.4 is 5.73 Å². The second-order valence-electron chi connectivity index (χ2n) is 4.13. The molecule has 0 spiro atoms. The van der Waals surface area contributed by atoms with Crippen LogP contribution in [0.3, 0.4) is 0 Å². The lowest BCUT2D eigenvalue weighted by atomic mass is 10.0. The van der Waals surface area contributed by atoms with E-state index in [1.165, 1.54) is 19.1 Å². The Kier molecular flexibility index (Phi) is 6.01. The highest BCUT2D eigenvalue weighted by molar-refractivity contribution is 8.13. The molecule has 0 heterocycles. The van der Waals surface area contributed by atoms with Crippen LogP contribution in [0, 0.1) is 0 Å². The maximum Gasteiger partial charge on any atom is 0.248 e. The summed E-state index contributed by atoms with van der Waals surface area (Å²) in [5.41, 5.74) is 5.96. The van der Waals surface area contributed by atoms with Crippen LogP contribution >= 0.6 is 11.8 Å². The lowest BCUT2D eigenvalue weighted by Gasteiger charge is -2.17. The van der Waals surface area contributed by atoms with Crippen LogP contribution in [0.2, 0.25) is 0 Å². The Morgan fingerprint density at radius 1 is 1.26 bits per heavy atom. The molecule has 104 valence electrons. The lowest BCUT2D eigenvalue weighted by Crippen LogP contribution is -2.19. The zero-order valence-corrected chi connectivity index (χ0v) is 11.4. The predicted molar refractivity (Wildman–Crippen MR) is 73.7 cm³/mol. The molecule has 0 saturated carbocycles. The van der Waals surface area contributed by atoms with Crippen molar-refractivity contribution in [2.45, 2.75) is 25.6 Å². The average Bonchev–Trinajstić information content (AvgIpc) is 2.37. The van der Waals surface area contributed by atoms with E-state index in [-0.39, 0.29) is 5.12 Å². The first-order valence-electron chi connectivity index (χ1n) is 5.81. The van der Waals surface area contributed by atoms with Gasteiger partial charge in [0, 0.05) is 18.2 Å². The monoisotopic (exact) mass is 283 g/mol. The Bertz CT molecular complexity index is 446. The van der Waals surface area contributed by atoms with E-state index in [0.29, 0.717) is 23.3 Å². The number of hydrogen-bond donors (Lipinski definition) is 3. The number of carbonyl (C=O) groups is 2. The normalized spacial score (nSPS) is 13.8. The zero-order chi connectivity index (χ0) is 14.4. The number of hydrogen-bond acceptors (Lipinski definition) is 5. The van der Waals surface area contributed by atoms with Gasteiger partial charge >= 0.3 is 0 Å². The zero-order valence-electron chi connectivity index (χ0n) is 10.6. The summed E-state index contributed by atoms with van der Waals surface area (Å²) in [5, 5.41) is 19.7. The molecule has 1 rings (SSSR count). The number of benzene rings is 1. The van der Waals surface area contributed by atoms with Gasteiger partial charge in [-0.3, -0.25) is 9.59 Å². The number of nitrogens with two attached hydrogens (primary N) is 1. The van der Waals surface area contributed by atoms with Crippen molar-refractivity contribution in [2.24, 2.45) is 5.73 Å². The number of amides is 1. The summed E-state index contributed by atoms with van der Waals surface area (Å²) in [6.45, 7) is 1.45. The maximum absolute atomic E-state index is 10.9. The highest BCUT2D eigenvalue weighted by Gasteiger charge is 2.18. The minimum Gasteiger partial charge on any atom is -0.390 e. The third-order valence-electron chi connectivity index (χ3n) is 2.62. The van der Waals surface area contributed by atoms with Crippen LogP contribution in [0.15, 0.2) is 24.3 Å². The van der Waals surface area contributed by atoms with Gasteiger partial charge in [-0.15, -0.1) is 0 Å². The Morgan fingerprint density at radius 2 is 1.84 bits per heavy atom. The van der Waals surface area contributed by atoms with Gasteiger partial charge in [0.25, 0.3) is 0 Å². The van der Waals surface area contributed by atoms with Gasteiger partial charge < -0.3 is 15.9 Å². The standard InChI is InChI=1S/C13H17NO4S/c1-8(15)19-7-6-11(16)12(17)9-2-4-10(5-3-9)13(14)18/h2-5,11-12,16-17H,6-7H2,1H3,(H2,14,18). The van der Waals surface area contributed by atoms with Crippen molar-refractivity contribution in [3.8, 4) is 0 Å². The molecular weight excluding hydrogens is 266 g/mol. The van der Waals surface area contributed by atoms with E-state index in [1.54, 1.807) is 12.1 Å². The number of aliphatic hydroxyl groups is 2. The van der Waals surface area contributed by atoms with Gasteiger partial charge in [-0.25, -0.2) is 0 Å². The summed E-state index contributed by atoms with van der Waals surface area (Å²) in [4.78, 5) is 21.6. The van der Waals surface area contributed by atoms with Crippen LogP contribution in [0.1, 0.15) is 35.4 Å². The average molecular weight is 283 g/mol. The largest absolute Gasteiger partial charge is 0.390 e. The minimum atomic E-state index is -1.05. The van der Waals surface area contributed by atoms with Gasteiger partial charge in [0.1, 0.15) is 6.10 Å². The number of carbonyl (C=O) groups excluding carboxylic acids is 2. The molecule has 0 fully saturated rings. The van der Waals surface area contributed by atoms with Gasteiger partial charge in [-0.2, -0.15) is 0 Å². The number of thioether (sulfide) groups is 1. The van der Waals surface area contributed by atoms with Crippen LogP contribution in [0.4, 0.5) is 0 Å². The smallest absolute Gasteiger partial charge is 0.248 e. The van der Waals surface area contributed by atoms with E-state index in [9.17, 15) is 19.8 Å². The van der Waals surface area contributed by atoms with Gasteiger partial charge in [-0.05, 0) is 24.1 Å². The van der Waals surface area contributed by atoms with E-state index in [4.69, 9.17) is 5.73 Å². The fourth-order valence-corrected chi connectivity index (χ4v) is 2.19. The van der Waals surface area contributed by atoms with Crippen LogP contribution in [0.25, 0.3) is 0 Å². The molecule has 0 bridgehead atoms. The molecule has 4 N–H and O–H groups in total. The molecule has 0 aliphatic heterocycles. The first-order valence-corrected chi connectivity index (χ1v) is 6.79. The van der Waals surface area contributed by atoms with Crippen molar-refractivity contribution >= 4 is 22.8 Å². The molecule has 0 radical (unpaired) electrons. The topological polar surface area (TPSA) is 101 Å². The van der Waals surface area contributed by atoms with E-state index in [1.807, 2.05) is 0 Å². The highest BCUT2D eigenvalue weighted by atomic mass is 32.2. The van der Waals surface area contributed by atoms with Crippen LogP contribution in [0.5, 0.6) is 0 Å². The van der Waals surface area contributed by atoms with E-state index in [0.717, 1.165) is 11.8 Å². The minimum absolute atomic E-state index is 0.0208.